The molecule has 1 fully saturated rings. The average molecular weight is 1090 g/mol. The number of hydrogen-bond acceptors (Lipinski definition) is 16. The molecule has 8 aromatic rings. The molecule has 9 rings (SSSR count). The Morgan fingerprint density at radius 1 is 0.662 bits per heavy atom. The summed E-state index contributed by atoms with van der Waals surface area (Å²) in [5.74, 6) is 0.650. The van der Waals surface area contributed by atoms with Crippen molar-refractivity contribution in [2.75, 3.05) is 0 Å². The number of hydrogen-bond donors (Lipinski definition) is 1. The Hall–Kier alpha value is -7.64. The highest BCUT2D eigenvalue weighted by molar-refractivity contribution is 6.63. The number of aryl methyl sites for hydroxylation is 5. The van der Waals surface area contributed by atoms with Gasteiger partial charge in [-0.2, -0.15) is 14.9 Å². The Balaban J connectivity index is 0.000000170. The zero-order valence-corrected chi connectivity index (χ0v) is 45.5. The van der Waals surface area contributed by atoms with Gasteiger partial charge >= 0.3 is 13.2 Å². The number of alkyl halides is 4. The van der Waals surface area contributed by atoms with E-state index >= 15 is 0 Å². The summed E-state index contributed by atoms with van der Waals surface area (Å²) < 4.78 is 84.1. The van der Waals surface area contributed by atoms with Gasteiger partial charge in [-0.3, -0.25) is 5.10 Å². The maximum Gasteiger partial charge on any atom is 0.498 e. The standard InChI is InChI=1S/C20H19F2N7O.C16H27BN2O4.C15H12ClF2N5O/c1-11-17(29(28-25-11)15-6-4-14(5-7-15)20(21)22)10-30-18-9-8-16(26-27-18)19-12(2)23-24-13(19)3;1-10-12(17-22-15(6,7)16(8,9)23-17)11(2)19(18-10)13(20)21-14(3,4)5;1-9-12(8-24-14-7-6-13(16)20-21-14)23(22-19-9)11-4-2-10(3-5-11)15(17)18/h4-9,20H,10H2,1-3H3,(H,23,24);1-9H3;2-7,15H,8H2,1H3. The highest BCUT2D eigenvalue weighted by atomic mass is 35.5. The second-order valence-electron chi connectivity index (χ2n) is 19.8. The molecule has 0 aliphatic carbocycles. The van der Waals surface area contributed by atoms with E-state index < -0.39 is 42.9 Å². The first-order chi connectivity index (χ1) is 36.2. The maximum absolute atomic E-state index is 12.8. The van der Waals surface area contributed by atoms with Crippen LogP contribution in [-0.2, 0) is 27.3 Å². The van der Waals surface area contributed by atoms with Crippen LogP contribution in [0.3, 0.4) is 0 Å². The molecule has 0 radical (unpaired) electrons. The largest absolute Gasteiger partial charge is 0.498 e. The Morgan fingerprint density at radius 2 is 1.14 bits per heavy atom. The first-order valence-corrected chi connectivity index (χ1v) is 24.5. The molecule has 0 atom stereocenters. The minimum Gasteiger partial charge on any atom is -0.470 e. The topological polar surface area (TPSA) is 223 Å². The van der Waals surface area contributed by atoms with Crippen LogP contribution < -0.4 is 14.9 Å². The lowest BCUT2D eigenvalue weighted by molar-refractivity contribution is 0.00578. The summed E-state index contributed by atoms with van der Waals surface area (Å²) in [7, 11) is -0.545. The summed E-state index contributed by atoms with van der Waals surface area (Å²) in [6, 6.07) is 18.4. The third-order valence-electron chi connectivity index (χ3n) is 12.4. The van der Waals surface area contributed by atoms with Gasteiger partial charge in [0.15, 0.2) is 5.15 Å². The predicted molar refractivity (Wildman–Crippen MR) is 276 cm³/mol. The number of ether oxygens (including phenoxy) is 3. The smallest absolute Gasteiger partial charge is 0.470 e. The van der Waals surface area contributed by atoms with Gasteiger partial charge < -0.3 is 23.5 Å². The van der Waals surface area contributed by atoms with Crippen molar-refractivity contribution in [2.45, 2.75) is 133 Å². The van der Waals surface area contributed by atoms with Gasteiger partial charge in [-0.1, -0.05) is 46.3 Å². The fourth-order valence-electron chi connectivity index (χ4n) is 7.59. The van der Waals surface area contributed by atoms with Gasteiger partial charge in [0, 0.05) is 45.7 Å². The summed E-state index contributed by atoms with van der Waals surface area (Å²) in [4.78, 5) is 12.3. The molecule has 1 aliphatic rings. The van der Waals surface area contributed by atoms with Crippen LogP contribution in [0.1, 0.15) is 118 Å². The lowest BCUT2D eigenvalue weighted by Gasteiger charge is -2.32. The normalized spacial score (nSPS) is 13.8. The maximum atomic E-state index is 12.8. The molecule has 20 nitrogen and oxygen atoms in total. The van der Waals surface area contributed by atoms with Crippen LogP contribution >= 0.6 is 11.6 Å². The van der Waals surface area contributed by atoms with Gasteiger partial charge in [0.2, 0.25) is 11.8 Å². The van der Waals surface area contributed by atoms with Gasteiger partial charge in [-0.25, -0.2) is 31.7 Å². The monoisotopic (exact) mass is 1080 g/mol. The van der Waals surface area contributed by atoms with Crippen LogP contribution in [0.2, 0.25) is 5.15 Å². The van der Waals surface area contributed by atoms with Gasteiger partial charge in [-0.15, -0.1) is 30.6 Å². The molecule has 1 N–H and O–H groups in total. The minimum absolute atomic E-state index is 0.0492. The number of aromatic amines is 1. The molecule has 0 saturated carbocycles. The summed E-state index contributed by atoms with van der Waals surface area (Å²) in [5, 5.41) is 43.7. The molecule has 1 saturated heterocycles. The first kappa shape index (κ1) is 57.1. The van der Waals surface area contributed by atoms with Crippen LogP contribution in [0.4, 0.5) is 22.4 Å². The summed E-state index contributed by atoms with van der Waals surface area (Å²) in [5.41, 5.74) is 7.91. The number of carbonyl (C=O) groups excluding carboxylic acids is 1. The van der Waals surface area contributed by atoms with Gasteiger partial charge in [0.25, 0.3) is 12.9 Å². The van der Waals surface area contributed by atoms with Crippen molar-refractivity contribution < 1.29 is 45.9 Å². The second-order valence-corrected chi connectivity index (χ2v) is 20.1. The third-order valence-corrected chi connectivity index (χ3v) is 12.6. The van der Waals surface area contributed by atoms with Crippen molar-refractivity contribution >= 4 is 30.3 Å². The quantitative estimate of drug-likeness (QED) is 0.0887. The van der Waals surface area contributed by atoms with Crippen molar-refractivity contribution in [3.8, 4) is 34.4 Å². The fourth-order valence-corrected chi connectivity index (χ4v) is 7.69. The predicted octanol–water partition coefficient (Wildman–Crippen LogP) is 10.0. The van der Waals surface area contributed by atoms with Crippen molar-refractivity contribution in [3.05, 3.63) is 135 Å². The highest BCUT2D eigenvalue weighted by Crippen LogP contribution is 2.37. The minimum atomic E-state index is -2.52. The van der Waals surface area contributed by atoms with Crippen molar-refractivity contribution in [2.24, 2.45) is 0 Å². The molecule has 0 spiro atoms. The second kappa shape index (κ2) is 23.3. The molecular weight excluding hydrogens is 1030 g/mol. The molecule has 26 heteroatoms. The van der Waals surface area contributed by atoms with E-state index in [4.69, 9.17) is 35.1 Å². The number of nitrogens with one attached hydrogen (secondary N) is 1. The van der Waals surface area contributed by atoms with Crippen LogP contribution in [0.5, 0.6) is 11.8 Å². The summed E-state index contributed by atoms with van der Waals surface area (Å²) in [6.45, 7) is 24.8. The summed E-state index contributed by atoms with van der Waals surface area (Å²) >= 11 is 5.67. The molecule has 77 heavy (non-hydrogen) atoms. The molecule has 0 unspecified atom stereocenters. The van der Waals surface area contributed by atoms with Crippen LogP contribution in [0.15, 0.2) is 72.8 Å². The van der Waals surface area contributed by atoms with E-state index in [1.165, 1.54) is 33.6 Å². The Morgan fingerprint density at radius 3 is 1.55 bits per heavy atom. The van der Waals surface area contributed by atoms with E-state index in [2.05, 4.69) is 56.3 Å². The Bertz CT molecular complexity index is 3250. The molecule has 6 aromatic heterocycles. The van der Waals surface area contributed by atoms with Gasteiger partial charge in [0.1, 0.15) is 30.2 Å². The zero-order chi connectivity index (χ0) is 56.1. The van der Waals surface area contributed by atoms with Crippen LogP contribution in [0.25, 0.3) is 22.6 Å². The average Bonchev–Trinajstić information content (AvgIpc) is 4.16. The summed E-state index contributed by atoms with van der Waals surface area (Å²) in [6.07, 6.45) is -5.53. The molecule has 7 heterocycles. The molecule has 406 valence electrons. The molecule has 2 aromatic carbocycles. The molecule has 0 bridgehead atoms. The van der Waals surface area contributed by atoms with Gasteiger partial charge in [-0.05, 0) is 126 Å². The number of carbonyl (C=O) groups is 1. The van der Waals surface area contributed by atoms with Crippen molar-refractivity contribution in [3.63, 3.8) is 0 Å². The number of nitrogens with zero attached hydrogens (tertiary/aromatic N) is 13. The SMILES string of the molecule is Cc1n[nH]c(C)c1-c1ccc(OCc2c(C)nnn2-c2ccc(C(F)F)cc2)nn1.Cc1nn(C(=O)OC(C)(C)C)c(C)c1B1OC(C)(C)C(C)(C)O1.Cc1nnn(-c2ccc(C(F)F)cc2)c1COc1ccc(Cl)nn1. The van der Waals surface area contributed by atoms with E-state index in [9.17, 15) is 22.4 Å². The van der Waals surface area contributed by atoms with E-state index in [1.54, 1.807) is 61.0 Å². The lowest BCUT2D eigenvalue weighted by Crippen LogP contribution is -2.41. The lowest BCUT2D eigenvalue weighted by atomic mass is 9.77. The first-order valence-electron chi connectivity index (χ1n) is 24.1. The van der Waals surface area contributed by atoms with Gasteiger partial charge in [0.05, 0.1) is 51.0 Å². The zero-order valence-electron chi connectivity index (χ0n) is 44.7. The van der Waals surface area contributed by atoms with E-state index in [1.807, 2.05) is 82.2 Å². The number of halogens is 5. The molecule has 0 amide bonds. The van der Waals surface area contributed by atoms with E-state index in [0.29, 0.717) is 63.0 Å². The third kappa shape index (κ3) is 13.5. The Kier molecular flexibility index (Phi) is 17.3. The number of rotatable bonds is 12. The van der Waals surface area contributed by atoms with E-state index in [0.717, 1.165) is 22.4 Å². The number of benzene rings is 2. The number of H-pyrrole nitrogens is 1. The Labute approximate surface area is 446 Å². The molecular formula is C51H58BClF4N14O6. The fraction of sp³-hybridized carbons (Fsp3) is 0.392. The number of aromatic nitrogens is 14. The molecule has 1 aliphatic heterocycles. The van der Waals surface area contributed by atoms with Crippen LogP contribution in [-0.4, -0.2) is 100 Å². The van der Waals surface area contributed by atoms with Crippen LogP contribution in [0, 0.1) is 41.5 Å². The highest BCUT2D eigenvalue weighted by Gasteiger charge is 2.53. The van der Waals surface area contributed by atoms with Crippen molar-refractivity contribution in [1.29, 1.82) is 0 Å². The van der Waals surface area contributed by atoms with E-state index in [-0.39, 0.29) is 29.5 Å². The van der Waals surface area contributed by atoms with Crippen molar-refractivity contribution in [1.82, 2.24) is 70.4 Å².